The average molecular weight is 206 g/mol. The summed E-state index contributed by atoms with van der Waals surface area (Å²) in [6, 6.07) is 0. The number of thiophene rings is 1. The van der Waals surface area contributed by atoms with Gasteiger partial charge in [0.25, 0.3) is 0 Å². The second-order valence-corrected chi connectivity index (χ2v) is 3.02. The van der Waals surface area contributed by atoms with E-state index in [-0.39, 0.29) is 0 Å². The van der Waals surface area contributed by atoms with Crippen LogP contribution in [0.15, 0.2) is 20.4 Å². The Bertz CT molecular complexity index is 220. The first kappa shape index (κ1) is 6.77. The molecule has 2 nitrogen and oxygen atoms in total. The Labute approximate surface area is 64.9 Å². The highest BCUT2D eigenvalue weighted by Gasteiger charge is 1.94. The Morgan fingerprint density at radius 3 is 2.89 bits per heavy atom. The third-order valence-electron chi connectivity index (χ3n) is 0.839. The third-order valence-corrected chi connectivity index (χ3v) is 2.59. The van der Waals surface area contributed by atoms with Crippen molar-refractivity contribution in [2.24, 2.45) is 5.16 Å². The van der Waals surface area contributed by atoms with Crippen molar-refractivity contribution in [3.63, 3.8) is 0 Å². The van der Waals surface area contributed by atoms with Crippen molar-refractivity contribution < 1.29 is 5.21 Å². The van der Waals surface area contributed by atoms with Gasteiger partial charge in [-0.1, -0.05) is 5.16 Å². The molecule has 0 unspecified atom stereocenters. The maximum Gasteiger partial charge on any atom is 0.0753 e. The van der Waals surface area contributed by atoms with Gasteiger partial charge in [-0.05, 0) is 15.9 Å². The van der Waals surface area contributed by atoms with Crippen molar-refractivity contribution in [2.75, 3.05) is 0 Å². The first-order valence-corrected chi connectivity index (χ1v) is 3.97. The summed E-state index contributed by atoms with van der Waals surface area (Å²) < 4.78 is 0.963. The molecular weight excluding hydrogens is 202 g/mol. The van der Waals surface area contributed by atoms with Gasteiger partial charge in [0.15, 0.2) is 0 Å². The highest BCUT2D eigenvalue weighted by Crippen LogP contribution is 2.18. The molecule has 0 bridgehead atoms. The molecule has 0 aliphatic rings. The van der Waals surface area contributed by atoms with Crippen molar-refractivity contribution >= 4 is 33.5 Å². The standard InChI is InChI=1S/C5H4BrNOS/c6-5-3-9-2-4(5)1-7-8/h1-3,8H/b7-1+. The van der Waals surface area contributed by atoms with Gasteiger partial charge >= 0.3 is 0 Å². The van der Waals surface area contributed by atoms with E-state index in [9.17, 15) is 0 Å². The van der Waals surface area contributed by atoms with Crippen LogP contribution >= 0.6 is 27.3 Å². The van der Waals surface area contributed by atoms with Crippen LogP contribution in [0, 0.1) is 0 Å². The van der Waals surface area contributed by atoms with Crippen LogP contribution in [0.4, 0.5) is 0 Å². The molecule has 0 spiro atoms. The van der Waals surface area contributed by atoms with Gasteiger partial charge in [-0.3, -0.25) is 0 Å². The van der Waals surface area contributed by atoms with Crippen molar-refractivity contribution in [3.8, 4) is 0 Å². The Kier molecular flexibility index (Phi) is 2.24. The molecule has 4 heteroatoms. The zero-order valence-corrected chi connectivity index (χ0v) is 6.82. The van der Waals surface area contributed by atoms with Crippen molar-refractivity contribution in [3.05, 3.63) is 20.8 Å². The lowest BCUT2D eigenvalue weighted by molar-refractivity contribution is 0.322. The summed E-state index contributed by atoms with van der Waals surface area (Å²) >= 11 is 4.83. The van der Waals surface area contributed by atoms with E-state index in [0.29, 0.717) is 0 Å². The number of rotatable bonds is 1. The van der Waals surface area contributed by atoms with Gasteiger partial charge in [0.05, 0.1) is 6.21 Å². The summed E-state index contributed by atoms with van der Waals surface area (Å²) in [5, 5.41) is 14.8. The maximum atomic E-state index is 8.12. The summed E-state index contributed by atoms with van der Waals surface area (Å²) in [6.45, 7) is 0. The van der Waals surface area contributed by atoms with Gasteiger partial charge in [-0.15, -0.1) is 0 Å². The highest BCUT2D eigenvalue weighted by molar-refractivity contribution is 9.10. The van der Waals surface area contributed by atoms with E-state index in [2.05, 4.69) is 21.1 Å². The Hall–Kier alpha value is -0.350. The lowest BCUT2D eigenvalue weighted by Crippen LogP contribution is -1.73. The maximum absolute atomic E-state index is 8.12. The topological polar surface area (TPSA) is 32.6 Å². The van der Waals surface area contributed by atoms with E-state index >= 15 is 0 Å². The summed E-state index contributed by atoms with van der Waals surface area (Å²) in [5.41, 5.74) is 0.905. The summed E-state index contributed by atoms with van der Waals surface area (Å²) in [4.78, 5) is 0. The average Bonchev–Trinajstić information content (AvgIpc) is 2.18. The zero-order valence-electron chi connectivity index (χ0n) is 4.41. The van der Waals surface area contributed by atoms with Crippen molar-refractivity contribution in [1.82, 2.24) is 0 Å². The molecule has 0 atom stereocenters. The molecule has 0 amide bonds. The normalized spacial score (nSPS) is 10.8. The lowest BCUT2D eigenvalue weighted by atomic mass is 10.4. The van der Waals surface area contributed by atoms with Gasteiger partial charge in [0.1, 0.15) is 0 Å². The minimum Gasteiger partial charge on any atom is -0.411 e. The van der Waals surface area contributed by atoms with Gasteiger partial charge in [0, 0.05) is 20.8 Å². The molecule has 0 aliphatic carbocycles. The summed E-state index contributed by atoms with van der Waals surface area (Å²) in [7, 11) is 0. The molecule has 48 valence electrons. The molecule has 1 aromatic rings. The predicted octanol–water partition coefficient (Wildman–Crippen LogP) is 2.32. The molecular formula is C5H4BrNOS. The smallest absolute Gasteiger partial charge is 0.0753 e. The van der Waals surface area contributed by atoms with Gasteiger partial charge in [-0.25, -0.2) is 0 Å². The number of oxime groups is 1. The monoisotopic (exact) mass is 205 g/mol. The summed E-state index contributed by atoms with van der Waals surface area (Å²) in [6.07, 6.45) is 1.39. The van der Waals surface area contributed by atoms with Crippen LogP contribution in [0.5, 0.6) is 0 Å². The molecule has 1 N–H and O–H groups in total. The van der Waals surface area contributed by atoms with E-state index in [0.717, 1.165) is 10.0 Å². The largest absolute Gasteiger partial charge is 0.411 e. The number of hydrogen-bond acceptors (Lipinski definition) is 3. The van der Waals surface area contributed by atoms with Crippen LogP contribution in [-0.4, -0.2) is 11.4 Å². The van der Waals surface area contributed by atoms with Crippen LogP contribution in [-0.2, 0) is 0 Å². The molecule has 9 heavy (non-hydrogen) atoms. The Balaban J connectivity index is 2.94. The van der Waals surface area contributed by atoms with Crippen molar-refractivity contribution in [2.45, 2.75) is 0 Å². The quantitative estimate of drug-likeness (QED) is 0.426. The second-order valence-electron chi connectivity index (χ2n) is 1.42. The zero-order chi connectivity index (χ0) is 6.69. The molecule has 0 fully saturated rings. The lowest BCUT2D eigenvalue weighted by Gasteiger charge is -1.81. The molecule has 1 aromatic heterocycles. The molecule has 1 heterocycles. The van der Waals surface area contributed by atoms with E-state index in [1.54, 1.807) is 11.3 Å². The van der Waals surface area contributed by atoms with E-state index in [1.165, 1.54) is 6.21 Å². The first-order valence-electron chi connectivity index (χ1n) is 2.23. The predicted molar refractivity (Wildman–Crippen MR) is 41.4 cm³/mol. The molecule has 0 saturated carbocycles. The van der Waals surface area contributed by atoms with E-state index in [4.69, 9.17) is 5.21 Å². The molecule has 0 aliphatic heterocycles. The molecule has 1 rings (SSSR count). The van der Waals surface area contributed by atoms with E-state index in [1.807, 2.05) is 10.8 Å². The summed E-state index contributed by atoms with van der Waals surface area (Å²) in [5.74, 6) is 0. The molecule has 0 saturated heterocycles. The fourth-order valence-electron chi connectivity index (χ4n) is 0.446. The minimum atomic E-state index is 0.905. The van der Waals surface area contributed by atoms with Crippen LogP contribution in [0.2, 0.25) is 0 Å². The minimum absolute atomic E-state index is 0.905. The highest BCUT2D eigenvalue weighted by atomic mass is 79.9. The molecule has 0 aromatic carbocycles. The first-order chi connectivity index (χ1) is 4.34. The number of hydrogen-bond donors (Lipinski definition) is 1. The number of halogens is 1. The van der Waals surface area contributed by atoms with Crippen LogP contribution in [0.25, 0.3) is 0 Å². The Morgan fingerprint density at radius 1 is 1.67 bits per heavy atom. The molecule has 0 radical (unpaired) electrons. The fourth-order valence-corrected chi connectivity index (χ4v) is 1.80. The van der Waals surface area contributed by atoms with Crippen molar-refractivity contribution in [1.29, 1.82) is 0 Å². The SMILES string of the molecule is O/N=C/c1cscc1Br. The number of nitrogens with zero attached hydrogens (tertiary/aromatic N) is 1. The van der Waals surface area contributed by atoms with E-state index < -0.39 is 0 Å². The van der Waals surface area contributed by atoms with Gasteiger partial charge in [-0.2, -0.15) is 11.3 Å². The van der Waals surface area contributed by atoms with Gasteiger partial charge in [0.2, 0.25) is 0 Å². The second kappa shape index (κ2) is 2.98. The third kappa shape index (κ3) is 1.53. The Morgan fingerprint density at radius 2 is 2.44 bits per heavy atom. The van der Waals surface area contributed by atoms with Crippen LogP contribution in [0.1, 0.15) is 5.56 Å². The van der Waals surface area contributed by atoms with Crippen LogP contribution in [0.3, 0.4) is 0 Å². The van der Waals surface area contributed by atoms with Gasteiger partial charge < -0.3 is 5.21 Å². The fraction of sp³-hybridized carbons (Fsp3) is 0. The van der Waals surface area contributed by atoms with Crippen LogP contribution < -0.4 is 0 Å².